The predicted molar refractivity (Wildman–Crippen MR) is 73.5 cm³/mol. The van der Waals surface area contributed by atoms with Gasteiger partial charge in [0, 0.05) is 20.3 Å². The maximum Gasteiger partial charge on any atom is 0.0468 e. The summed E-state index contributed by atoms with van der Waals surface area (Å²) in [5.74, 6) is 0.563. The molecule has 0 aliphatic carbocycles. The van der Waals surface area contributed by atoms with Crippen LogP contribution in [0, 0.1) is 0 Å². The Bertz CT molecular complexity index is 274. The van der Waals surface area contributed by atoms with Crippen LogP contribution in [0.2, 0.25) is 0 Å². The van der Waals surface area contributed by atoms with Crippen molar-refractivity contribution >= 4 is 0 Å². The van der Waals surface area contributed by atoms with E-state index in [4.69, 9.17) is 4.74 Å². The first-order valence-electron chi connectivity index (χ1n) is 6.63. The van der Waals surface area contributed by atoms with Crippen LogP contribution in [0.3, 0.4) is 0 Å². The molecule has 96 valence electrons. The Morgan fingerprint density at radius 3 is 2.65 bits per heavy atom. The van der Waals surface area contributed by atoms with Crippen LogP contribution in [0.25, 0.3) is 0 Å². The van der Waals surface area contributed by atoms with E-state index in [9.17, 15) is 0 Å². The van der Waals surface area contributed by atoms with E-state index in [1.807, 2.05) is 0 Å². The van der Waals surface area contributed by atoms with E-state index in [-0.39, 0.29) is 0 Å². The Balaban J connectivity index is 2.43. The maximum absolute atomic E-state index is 5.19. The monoisotopic (exact) mass is 235 g/mol. The van der Waals surface area contributed by atoms with E-state index >= 15 is 0 Å². The summed E-state index contributed by atoms with van der Waals surface area (Å²) in [5, 5.41) is 3.54. The summed E-state index contributed by atoms with van der Waals surface area (Å²) in [4.78, 5) is 0. The first-order valence-corrected chi connectivity index (χ1v) is 6.63. The van der Waals surface area contributed by atoms with Gasteiger partial charge in [-0.25, -0.2) is 0 Å². The van der Waals surface area contributed by atoms with Gasteiger partial charge in [0.25, 0.3) is 0 Å². The first-order chi connectivity index (χ1) is 8.38. The molecule has 0 saturated heterocycles. The summed E-state index contributed by atoms with van der Waals surface area (Å²) in [6.07, 6.45) is 3.59. The predicted octanol–water partition coefficient (Wildman–Crippen LogP) is 3.20. The van der Waals surface area contributed by atoms with Crippen molar-refractivity contribution in [2.45, 2.75) is 32.1 Å². The average molecular weight is 235 g/mol. The minimum atomic E-state index is 0.563. The highest BCUT2D eigenvalue weighted by atomic mass is 16.5. The second-order valence-corrected chi connectivity index (χ2v) is 4.45. The van der Waals surface area contributed by atoms with Crippen LogP contribution < -0.4 is 5.32 Å². The van der Waals surface area contributed by atoms with Crippen molar-refractivity contribution < 1.29 is 4.74 Å². The second-order valence-electron chi connectivity index (χ2n) is 4.45. The molecule has 2 heteroatoms. The van der Waals surface area contributed by atoms with Crippen molar-refractivity contribution in [3.05, 3.63) is 35.9 Å². The van der Waals surface area contributed by atoms with Crippen LogP contribution in [0.1, 0.15) is 37.7 Å². The summed E-state index contributed by atoms with van der Waals surface area (Å²) in [6, 6.07) is 10.7. The van der Waals surface area contributed by atoms with E-state index in [1.54, 1.807) is 7.11 Å². The number of methoxy groups -OCH3 is 1. The minimum absolute atomic E-state index is 0.563. The normalized spacial score (nSPS) is 12.6. The van der Waals surface area contributed by atoms with Gasteiger partial charge >= 0.3 is 0 Å². The lowest BCUT2D eigenvalue weighted by Gasteiger charge is -2.17. The molecule has 1 rings (SSSR count). The largest absolute Gasteiger partial charge is 0.385 e. The topological polar surface area (TPSA) is 21.3 Å². The van der Waals surface area contributed by atoms with Crippen molar-refractivity contribution in [1.82, 2.24) is 5.32 Å². The van der Waals surface area contributed by atoms with Gasteiger partial charge in [-0.05, 0) is 30.9 Å². The molecule has 0 saturated carbocycles. The molecule has 1 aromatic rings. The number of ether oxygens (including phenoxy) is 1. The van der Waals surface area contributed by atoms with E-state index in [0.29, 0.717) is 5.92 Å². The van der Waals surface area contributed by atoms with Crippen molar-refractivity contribution in [3.8, 4) is 0 Å². The lowest BCUT2D eigenvalue weighted by Crippen LogP contribution is -2.23. The Morgan fingerprint density at radius 1 is 1.24 bits per heavy atom. The van der Waals surface area contributed by atoms with Crippen molar-refractivity contribution in [2.24, 2.45) is 0 Å². The summed E-state index contributed by atoms with van der Waals surface area (Å²) in [6.45, 7) is 5.22. The van der Waals surface area contributed by atoms with Crippen LogP contribution in [0.4, 0.5) is 0 Å². The highest BCUT2D eigenvalue weighted by molar-refractivity contribution is 5.19. The highest BCUT2D eigenvalue weighted by Crippen LogP contribution is 2.18. The van der Waals surface area contributed by atoms with Gasteiger partial charge in [-0.15, -0.1) is 0 Å². The molecule has 0 heterocycles. The van der Waals surface area contributed by atoms with Crippen LogP contribution >= 0.6 is 0 Å². The minimum Gasteiger partial charge on any atom is -0.385 e. The molecule has 0 spiro atoms. The number of benzene rings is 1. The fourth-order valence-corrected chi connectivity index (χ4v) is 1.95. The van der Waals surface area contributed by atoms with Gasteiger partial charge in [0.15, 0.2) is 0 Å². The molecule has 0 radical (unpaired) electrons. The van der Waals surface area contributed by atoms with Gasteiger partial charge in [-0.3, -0.25) is 0 Å². The summed E-state index contributed by atoms with van der Waals surface area (Å²) >= 11 is 0. The molecule has 1 N–H and O–H groups in total. The standard InChI is InChI=1S/C15H25NO/c1-3-4-11-16-13-15(10-12-17-2)14-8-6-5-7-9-14/h5-9,15-16H,3-4,10-13H2,1-2H3. The van der Waals surface area contributed by atoms with E-state index in [2.05, 4.69) is 42.6 Å². The number of hydrogen-bond acceptors (Lipinski definition) is 2. The Hall–Kier alpha value is -0.860. The molecule has 0 amide bonds. The second kappa shape index (κ2) is 9.20. The molecular weight excluding hydrogens is 210 g/mol. The van der Waals surface area contributed by atoms with Crippen LogP contribution in [0.5, 0.6) is 0 Å². The maximum atomic E-state index is 5.19. The number of rotatable bonds is 9. The average Bonchev–Trinajstić information content (AvgIpc) is 2.39. The molecule has 0 aliphatic rings. The third-order valence-corrected chi connectivity index (χ3v) is 3.04. The lowest BCUT2D eigenvalue weighted by atomic mass is 9.96. The van der Waals surface area contributed by atoms with E-state index < -0.39 is 0 Å². The Morgan fingerprint density at radius 2 is 2.00 bits per heavy atom. The summed E-state index contributed by atoms with van der Waals surface area (Å²) in [5.41, 5.74) is 1.41. The fourth-order valence-electron chi connectivity index (χ4n) is 1.95. The quantitative estimate of drug-likeness (QED) is 0.664. The molecule has 0 fully saturated rings. The zero-order valence-corrected chi connectivity index (χ0v) is 11.1. The van der Waals surface area contributed by atoms with Gasteiger partial charge in [-0.1, -0.05) is 43.7 Å². The Labute approximate surface area is 105 Å². The lowest BCUT2D eigenvalue weighted by molar-refractivity contribution is 0.187. The molecule has 1 atom stereocenters. The number of hydrogen-bond donors (Lipinski definition) is 1. The summed E-state index contributed by atoms with van der Waals surface area (Å²) < 4.78 is 5.19. The van der Waals surface area contributed by atoms with Crippen LogP contribution in [0.15, 0.2) is 30.3 Å². The molecule has 0 bridgehead atoms. The molecule has 1 aromatic carbocycles. The number of nitrogens with one attached hydrogen (secondary N) is 1. The number of unbranched alkanes of at least 4 members (excludes halogenated alkanes) is 1. The molecular formula is C15H25NO. The first kappa shape index (κ1) is 14.2. The van der Waals surface area contributed by atoms with Gasteiger partial charge in [-0.2, -0.15) is 0 Å². The fraction of sp³-hybridized carbons (Fsp3) is 0.600. The smallest absolute Gasteiger partial charge is 0.0468 e. The van der Waals surface area contributed by atoms with E-state index in [1.165, 1.54) is 18.4 Å². The zero-order valence-electron chi connectivity index (χ0n) is 11.1. The third-order valence-electron chi connectivity index (χ3n) is 3.04. The SMILES string of the molecule is CCCCNCC(CCOC)c1ccccc1. The van der Waals surface area contributed by atoms with Gasteiger partial charge in [0.1, 0.15) is 0 Å². The molecule has 2 nitrogen and oxygen atoms in total. The van der Waals surface area contributed by atoms with Crippen molar-refractivity contribution in [1.29, 1.82) is 0 Å². The summed E-state index contributed by atoms with van der Waals surface area (Å²) in [7, 11) is 1.77. The van der Waals surface area contributed by atoms with Crippen LogP contribution in [-0.4, -0.2) is 26.8 Å². The molecule has 1 unspecified atom stereocenters. The zero-order chi connectivity index (χ0) is 12.3. The van der Waals surface area contributed by atoms with Crippen molar-refractivity contribution in [2.75, 3.05) is 26.8 Å². The van der Waals surface area contributed by atoms with Crippen LogP contribution in [-0.2, 0) is 4.74 Å². The molecule has 17 heavy (non-hydrogen) atoms. The molecule has 0 aliphatic heterocycles. The van der Waals surface area contributed by atoms with Gasteiger partial charge < -0.3 is 10.1 Å². The van der Waals surface area contributed by atoms with Gasteiger partial charge in [0.2, 0.25) is 0 Å². The highest BCUT2D eigenvalue weighted by Gasteiger charge is 2.10. The van der Waals surface area contributed by atoms with E-state index in [0.717, 1.165) is 26.1 Å². The van der Waals surface area contributed by atoms with Gasteiger partial charge in [0.05, 0.1) is 0 Å². The Kier molecular flexibility index (Phi) is 7.69. The molecule has 0 aromatic heterocycles. The van der Waals surface area contributed by atoms with Crippen molar-refractivity contribution in [3.63, 3.8) is 0 Å². The third kappa shape index (κ3) is 5.85.